The van der Waals surface area contributed by atoms with Gasteiger partial charge in [-0.05, 0) is 62.1 Å². The Hall–Kier alpha value is -3.62. The first kappa shape index (κ1) is 23.8. The Morgan fingerprint density at radius 3 is 2.27 bits per heavy atom. The average molecular weight is 507 g/mol. The van der Waals surface area contributed by atoms with Gasteiger partial charge in [0.15, 0.2) is 0 Å². The van der Waals surface area contributed by atoms with Gasteiger partial charge in [0.1, 0.15) is 5.82 Å². The zero-order valence-corrected chi connectivity index (χ0v) is 20.4. The molecule has 0 aliphatic heterocycles. The summed E-state index contributed by atoms with van der Waals surface area (Å²) in [6, 6.07) is 13.8. The first-order valence-electron chi connectivity index (χ1n) is 13.0. The summed E-state index contributed by atoms with van der Waals surface area (Å²) in [5.41, 5.74) is 2.57. The molecule has 6 rings (SSSR count). The largest absolute Gasteiger partial charge is 0.416 e. The minimum absolute atomic E-state index is 0.358. The number of anilines is 2. The van der Waals surface area contributed by atoms with Crippen LogP contribution < -0.4 is 10.6 Å². The van der Waals surface area contributed by atoms with E-state index in [4.69, 9.17) is 10.1 Å². The zero-order chi connectivity index (χ0) is 25.4. The van der Waals surface area contributed by atoms with E-state index in [1.165, 1.54) is 31.7 Å². The second kappa shape index (κ2) is 9.68. The summed E-state index contributed by atoms with van der Waals surface area (Å²) in [4.78, 5) is 9.20. The molecule has 192 valence electrons. The fraction of sp³-hybridized carbons (Fsp3) is 0.393. The quantitative estimate of drug-likeness (QED) is 0.290. The molecule has 2 N–H and O–H groups in total. The number of halogens is 3. The Morgan fingerprint density at radius 1 is 0.811 bits per heavy atom. The van der Waals surface area contributed by atoms with Gasteiger partial charge in [0.05, 0.1) is 22.5 Å². The topological polar surface area (TPSA) is 67.1 Å². The monoisotopic (exact) mass is 506 g/mol. The molecule has 6 nitrogen and oxygen atoms in total. The molecule has 0 bridgehead atoms. The number of alkyl halides is 3. The van der Waals surface area contributed by atoms with Gasteiger partial charge in [-0.3, -0.25) is 0 Å². The fourth-order valence-corrected chi connectivity index (χ4v) is 5.51. The zero-order valence-electron chi connectivity index (χ0n) is 20.4. The standard InChI is InChI=1S/C28H29F3N6/c29-28(30,31)19-7-5-6-18(16-19)24-17-25-22(12-13-26(37(25)36-24)33-20-8-1-2-9-20)23-14-15-32-27(35-23)34-21-10-3-4-11-21/h5-7,12-17,20-21,33H,1-4,8-11H2,(H,32,34,35). The third-order valence-corrected chi connectivity index (χ3v) is 7.43. The molecule has 9 heteroatoms. The Morgan fingerprint density at radius 2 is 1.54 bits per heavy atom. The van der Waals surface area contributed by atoms with Gasteiger partial charge in [0, 0.05) is 29.4 Å². The molecule has 0 amide bonds. The summed E-state index contributed by atoms with van der Waals surface area (Å²) in [5.74, 6) is 1.41. The average Bonchev–Trinajstić information content (AvgIpc) is 3.67. The van der Waals surface area contributed by atoms with Gasteiger partial charge in [-0.15, -0.1) is 0 Å². The lowest BCUT2D eigenvalue weighted by molar-refractivity contribution is -0.137. The molecular formula is C28H29F3N6. The highest BCUT2D eigenvalue weighted by molar-refractivity contribution is 5.83. The second-order valence-corrected chi connectivity index (χ2v) is 10.1. The van der Waals surface area contributed by atoms with Crippen molar-refractivity contribution in [1.82, 2.24) is 19.6 Å². The van der Waals surface area contributed by atoms with Crippen LogP contribution in [0, 0.1) is 0 Å². The Kier molecular flexibility index (Phi) is 6.22. The van der Waals surface area contributed by atoms with Crippen LogP contribution in [0.25, 0.3) is 28.0 Å². The van der Waals surface area contributed by atoms with Gasteiger partial charge in [-0.1, -0.05) is 37.8 Å². The Balaban J connectivity index is 1.43. The van der Waals surface area contributed by atoms with Crippen molar-refractivity contribution in [2.24, 2.45) is 0 Å². The van der Waals surface area contributed by atoms with Gasteiger partial charge < -0.3 is 10.6 Å². The summed E-state index contributed by atoms with van der Waals surface area (Å²) in [5, 5.41) is 11.8. The molecule has 0 atom stereocenters. The highest BCUT2D eigenvalue weighted by Crippen LogP contribution is 2.35. The maximum Gasteiger partial charge on any atom is 0.416 e. The normalized spacial score (nSPS) is 17.1. The smallest absolute Gasteiger partial charge is 0.367 e. The molecule has 1 aromatic carbocycles. The maximum absolute atomic E-state index is 13.4. The van der Waals surface area contributed by atoms with Crippen molar-refractivity contribution in [3.05, 3.63) is 60.3 Å². The van der Waals surface area contributed by atoms with Gasteiger partial charge in [-0.2, -0.15) is 18.3 Å². The van der Waals surface area contributed by atoms with Crippen molar-refractivity contribution in [3.8, 4) is 22.5 Å². The van der Waals surface area contributed by atoms with Crippen LogP contribution in [-0.2, 0) is 6.18 Å². The minimum Gasteiger partial charge on any atom is -0.367 e. The maximum atomic E-state index is 13.4. The Bertz CT molecular complexity index is 1400. The summed E-state index contributed by atoms with van der Waals surface area (Å²) in [6.07, 6.45) is 6.52. The van der Waals surface area contributed by atoms with Gasteiger partial charge in [-0.25, -0.2) is 14.5 Å². The number of hydrogen-bond donors (Lipinski definition) is 2. The predicted octanol–water partition coefficient (Wildman–Crippen LogP) is 7.19. The van der Waals surface area contributed by atoms with Crippen molar-refractivity contribution < 1.29 is 13.2 Å². The molecular weight excluding hydrogens is 477 g/mol. The molecule has 0 unspecified atom stereocenters. The fourth-order valence-electron chi connectivity index (χ4n) is 5.51. The highest BCUT2D eigenvalue weighted by Gasteiger charge is 2.30. The molecule has 2 fully saturated rings. The van der Waals surface area contributed by atoms with Gasteiger partial charge in [0.25, 0.3) is 0 Å². The number of fused-ring (bicyclic) bond motifs is 1. The predicted molar refractivity (Wildman–Crippen MR) is 138 cm³/mol. The summed E-state index contributed by atoms with van der Waals surface area (Å²) in [7, 11) is 0. The van der Waals surface area contributed by atoms with Crippen LogP contribution in [0.3, 0.4) is 0 Å². The number of benzene rings is 1. The molecule has 37 heavy (non-hydrogen) atoms. The van der Waals surface area contributed by atoms with E-state index in [1.807, 2.05) is 24.3 Å². The SMILES string of the molecule is FC(F)(F)c1cccc(-c2cc3c(-c4ccnc(NC5CCCC5)n4)ccc(NC4CCCC4)n3n2)c1. The van der Waals surface area contributed by atoms with Crippen molar-refractivity contribution in [2.45, 2.75) is 69.6 Å². The second-order valence-electron chi connectivity index (χ2n) is 10.1. The van der Waals surface area contributed by atoms with E-state index in [0.29, 0.717) is 29.3 Å². The molecule has 2 aliphatic carbocycles. The number of pyridine rings is 1. The van der Waals surface area contributed by atoms with Crippen LogP contribution in [-0.4, -0.2) is 31.7 Å². The van der Waals surface area contributed by atoms with E-state index in [0.717, 1.165) is 60.4 Å². The molecule has 3 heterocycles. The van der Waals surface area contributed by atoms with Gasteiger partial charge in [0.2, 0.25) is 5.95 Å². The molecule has 0 spiro atoms. The van der Waals surface area contributed by atoms with Crippen molar-refractivity contribution in [2.75, 3.05) is 10.6 Å². The van der Waals surface area contributed by atoms with Crippen LogP contribution >= 0.6 is 0 Å². The van der Waals surface area contributed by atoms with Crippen molar-refractivity contribution >= 4 is 17.3 Å². The number of hydrogen-bond acceptors (Lipinski definition) is 5. The van der Waals surface area contributed by atoms with Crippen LogP contribution in [0.4, 0.5) is 24.9 Å². The molecule has 2 aliphatic rings. The molecule has 2 saturated carbocycles. The van der Waals surface area contributed by atoms with Gasteiger partial charge >= 0.3 is 6.18 Å². The van der Waals surface area contributed by atoms with Crippen molar-refractivity contribution in [3.63, 3.8) is 0 Å². The molecule has 0 saturated heterocycles. The highest BCUT2D eigenvalue weighted by atomic mass is 19.4. The van der Waals surface area contributed by atoms with E-state index in [2.05, 4.69) is 15.6 Å². The molecule has 0 radical (unpaired) electrons. The van der Waals surface area contributed by atoms with Crippen LogP contribution in [0.15, 0.2) is 54.7 Å². The third kappa shape index (κ3) is 4.99. The third-order valence-electron chi connectivity index (χ3n) is 7.43. The van der Waals surface area contributed by atoms with Crippen LogP contribution in [0.1, 0.15) is 56.9 Å². The lowest BCUT2D eigenvalue weighted by Gasteiger charge is -2.16. The lowest BCUT2D eigenvalue weighted by Crippen LogP contribution is -2.17. The summed E-state index contributed by atoms with van der Waals surface area (Å²) >= 11 is 0. The Labute approximate surface area is 213 Å². The first-order chi connectivity index (χ1) is 17.9. The number of nitrogens with one attached hydrogen (secondary N) is 2. The van der Waals surface area contributed by atoms with E-state index in [1.54, 1.807) is 16.8 Å². The number of aromatic nitrogens is 4. The van der Waals surface area contributed by atoms with E-state index >= 15 is 0 Å². The minimum atomic E-state index is -4.42. The summed E-state index contributed by atoms with van der Waals surface area (Å²) in [6.45, 7) is 0. The molecule has 3 aromatic heterocycles. The lowest BCUT2D eigenvalue weighted by atomic mass is 10.1. The van der Waals surface area contributed by atoms with Crippen LogP contribution in [0.2, 0.25) is 0 Å². The number of rotatable bonds is 6. The first-order valence-corrected chi connectivity index (χ1v) is 13.0. The van der Waals surface area contributed by atoms with E-state index < -0.39 is 11.7 Å². The van der Waals surface area contributed by atoms with E-state index in [9.17, 15) is 13.2 Å². The number of nitrogens with zero attached hydrogens (tertiary/aromatic N) is 4. The van der Waals surface area contributed by atoms with Crippen LogP contribution in [0.5, 0.6) is 0 Å². The van der Waals surface area contributed by atoms with Crippen molar-refractivity contribution in [1.29, 1.82) is 0 Å². The van der Waals surface area contributed by atoms with E-state index in [-0.39, 0.29) is 0 Å². The summed E-state index contributed by atoms with van der Waals surface area (Å²) < 4.78 is 42.0. The molecule has 4 aromatic rings.